The summed E-state index contributed by atoms with van der Waals surface area (Å²) in [5, 5.41) is 16.0. The number of aryl methyl sites for hydroxylation is 1. The molecule has 1 aliphatic rings. The average Bonchev–Trinajstić information content (AvgIpc) is 3.06. The van der Waals surface area contributed by atoms with Crippen LogP contribution in [0.15, 0.2) is 30.5 Å². The fraction of sp³-hybridized carbons (Fsp3) is 0.412. The highest BCUT2D eigenvalue weighted by Crippen LogP contribution is 2.19. The number of benzene rings is 1. The maximum absolute atomic E-state index is 12.3. The Morgan fingerprint density at radius 2 is 1.92 bits per heavy atom. The van der Waals surface area contributed by atoms with Gasteiger partial charge in [0.1, 0.15) is 18.4 Å². The van der Waals surface area contributed by atoms with E-state index < -0.39 is 5.97 Å². The first-order valence-corrected chi connectivity index (χ1v) is 8.16. The number of aromatic nitrogens is 3. The van der Waals surface area contributed by atoms with Crippen LogP contribution in [0, 0.1) is 6.92 Å². The highest BCUT2D eigenvalue weighted by Gasteiger charge is 2.24. The second kappa shape index (κ2) is 7.33. The summed E-state index contributed by atoms with van der Waals surface area (Å²) in [6, 6.07) is 7.93. The summed E-state index contributed by atoms with van der Waals surface area (Å²) in [6.07, 6.45) is 2.87. The number of carbonyl (C=O) groups excluding carboxylic acids is 1. The second-order valence-electron chi connectivity index (χ2n) is 6.12. The van der Waals surface area contributed by atoms with Crippen LogP contribution in [0.4, 0.5) is 0 Å². The molecule has 0 bridgehead atoms. The number of carbonyl (C=O) groups is 2. The molecule has 1 amide bonds. The standard InChI is InChI=1S/C17H20N4O4/c1-12-2-4-13(5-3-12)25-14-6-8-20(9-7-14)16(22)11-21-10-15(17(23)24)18-19-21/h2-5,10,14H,6-9,11H2,1H3,(H,23,24). The van der Waals surface area contributed by atoms with Crippen molar-refractivity contribution in [1.82, 2.24) is 19.9 Å². The van der Waals surface area contributed by atoms with Gasteiger partial charge in [0.25, 0.3) is 0 Å². The Labute approximate surface area is 145 Å². The first-order chi connectivity index (χ1) is 12.0. The first kappa shape index (κ1) is 16.9. The number of hydrogen-bond donors (Lipinski definition) is 1. The van der Waals surface area contributed by atoms with Crippen molar-refractivity contribution < 1.29 is 19.4 Å². The highest BCUT2D eigenvalue weighted by atomic mass is 16.5. The number of hydrogen-bond acceptors (Lipinski definition) is 5. The van der Waals surface area contributed by atoms with Crippen LogP contribution in [0.1, 0.15) is 28.9 Å². The molecule has 132 valence electrons. The van der Waals surface area contributed by atoms with E-state index in [2.05, 4.69) is 10.3 Å². The van der Waals surface area contributed by atoms with Crippen molar-refractivity contribution in [1.29, 1.82) is 0 Å². The van der Waals surface area contributed by atoms with E-state index in [0.29, 0.717) is 13.1 Å². The Balaban J connectivity index is 1.48. The predicted molar refractivity (Wildman–Crippen MR) is 88.4 cm³/mol. The van der Waals surface area contributed by atoms with E-state index in [-0.39, 0.29) is 24.2 Å². The monoisotopic (exact) mass is 344 g/mol. The summed E-state index contributed by atoms with van der Waals surface area (Å²) >= 11 is 0. The third kappa shape index (κ3) is 4.34. The van der Waals surface area contributed by atoms with Gasteiger partial charge in [0, 0.05) is 25.9 Å². The molecule has 1 aromatic carbocycles. The molecule has 25 heavy (non-hydrogen) atoms. The number of carboxylic acid groups (broad SMARTS) is 1. The number of nitrogens with zero attached hydrogens (tertiary/aromatic N) is 4. The zero-order valence-corrected chi connectivity index (χ0v) is 14.0. The number of carboxylic acids is 1. The van der Waals surface area contributed by atoms with Crippen molar-refractivity contribution in [2.45, 2.75) is 32.4 Å². The Kier molecular flexibility index (Phi) is 4.97. The lowest BCUT2D eigenvalue weighted by Crippen LogP contribution is -2.43. The zero-order chi connectivity index (χ0) is 17.8. The van der Waals surface area contributed by atoms with Gasteiger partial charge in [-0.15, -0.1) is 5.10 Å². The fourth-order valence-electron chi connectivity index (χ4n) is 2.74. The van der Waals surface area contributed by atoms with Gasteiger partial charge >= 0.3 is 5.97 Å². The van der Waals surface area contributed by atoms with Crippen molar-refractivity contribution in [2.24, 2.45) is 0 Å². The van der Waals surface area contributed by atoms with Crippen LogP contribution < -0.4 is 4.74 Å². The fourth-order valence-corrected chi connectivity index (χ4v) is 2.74. The summed E-state index contributed by atoms with van der Waals surface area (Å²) in [5.74, 6) is -0.414. The van der Waals surface area contributed by atoms with Crippen LogP contribution in [0.3, 0.4) is 0 Å². The van der Waals surface area contributed by atoms with Gasteiger partial charge in [-0.1, -0.05) is 22.9 Å². The Hall–Kier alpha value is -2.90. The molecule has 3 rings (SSSR count). The van der Waals surface area contributed by atoms with Gasteiger partial charge in [0.05, 0.1) is 6.20 Å². The Morgan fingerprint density at radius 1 is 1.24 bits per heavy atom. The number of likely N-dealkylation sites (tertiary alicyclic amines) is 1. The third-order valence-electron chi connectivity index (χ3n) is 4.17. The molecule has 1 aromatic heterocycles. The first-order valence-electron chi connectivity index (χ1n) is 8.16. The van der Waals surface area contributed by atoms with E-state index in [1.54, 1.807) is 4.90 Å². The summed E-state index contributed by atoms with van der Waals surface area (Å²) < 4.78 is 7.21. The van der Waals surface area contributed by atoms with Crippen LogP contribution in [-0.4, -0.2) is 56.1 Å². The molecule has 0 atom stereocenters. The van der Waals surface area contributed by atoms with Crippen LogP contribution >= 0.6 is 0 Å². The van der Waals surface area contributed by atoms with E-state index in [0.717, 1.165) is 18.6 Å². The van der Waals surface area contributed by atoms with E-state index in [4.69, 9.17) is 9.84 Å². The molecule has 0 saturated carbocycles. The molecule has 8 heteroatoms. The lowest BCUT2D eigenvalue weighted by atomic mass is 10.1. The van der Waals surface area contributed by atoms with Crippen molar-refractivity contribution >= 4 is 11.9 Å². The van der Waals surface area contributed by atoms with Gasteiger partial charge in [-0.2, -0.15) is 0 Å². The molecule has 1 saturated heterocycles. The van der Waals surface area contributed by atoms with Gasteiger partial charge < -0.3 is 14.7 Å². The van der Waals surface area contributed by atoms with E-state index in [1.165, 1.54) is 16.4 Å². The molecule has 1 N–H and O–H groups in total. The normalized spacial score (nSPS) is 15.2. The van der Waals surface area contributed by atoms with Crippen LogP contribution in [-0.2, 0) is 11.3 Å². The summed E-state index contributed by atoms with van der Waals surface area (Å²) in [6.45, 7) is 3.23. The van der Waals surface area contributed by atoms with Crippen molar-refractivity contribution in [3.63, 3.8) is 0 Å². The Morgan fingerprint density at radius 3 is 2.52 bits per heavy atom. The molecule has 0 aliphatic carbocycles. The SMILES string of the molecule is Cc1ccc(OC2CCN(C(=O)Cn3cc(C(=O)O)nn3)CC2)cc1. The lowest BCUT2D eigenvalue weighted by Gasteiger charge is -2.32. The predicted octanol–water partition coefficient (Wildman–Crippen LogP) is 1.35. The molecular formula is C17H20N4O4. The van der Waals surface area contributed by atoms with Crippen molar-refractivity contribution in [2.75, 3.05) is 13.1 Å². The van der Waals surface area contributed by atoms with E-state index in [1.807, 2.05) is 31.2 Å². The van der Waals surface area contributed by atoms with Gasteiger partial charge in [-0.3, -0.25) is 4.79 Å². The van der Waals surface area contributed by atoms with Gasteiger partial charge in [-0.05, 0) is 19.1 Å². The number of piperidine rings is 1. The van der Waals surface area contributed by atoms with Crippen LogP contribution in [0.2, 0.25) is 0 Å². The molecule has 2 heterocycles. The van der Waals surface area contributed by atoms with E-state index in [9.17, 15) is 9.59 Å². The second-order valence-corrected chi connectivity index (χ2v) is 6.12. The lowest BCUT2D eigenvalue weighted by molar-refractivity contribution is -0.133. The number of amides is 1. The average molecular weight is 344 g/mol. The number of ether oxygens (including phenoxy) is 1. The zero-order valence-electron chi connectivity index (χ0n) is 14.0. The van der Waals surface area contributed by atoms with Gasteiger partial charge in [0.15, 0.2) is 5.69 Å². The minimum Gasteiger partial charge on any atom is -0.490 e. The summed E-state index contributed by atoms with van der Waals surface area (Å²) in [4.78, 5) is 24.8. The maximum atomic E-state index is 12.3. The largest absolute Gasteiger partial charge is 0.490 e. The quantitative estimate of drug-likeness (QED) is 0.879. The third-order valence-corrected chi connectivity index (χ3v) is 4.17. The molecular weight excluding hydrogens is 324 g/mol. The van der Waals surface area contributed by atoms with Gasteiger partial charge in [-0.25, -0.2) is 9.48 Å². The molecule has 1 fully saturated rings. The molecule has 1 aliphatic heterocycles. The topological polar surface area (TPSA) is 97.5 Å². The molecule has 0 unspecified atom stereocenters. The molecule has 8 nitrogen and oxygen atoms in total. The van der Waals surface area contributed by atoms with Gasteiger partial charge in [0.2, 0.25) is 5.91 Å². The number of rotatable bonds is 5. The summed E-state index contributed by atoms with van der Waals surface area (Å²) in [5.41, 5.74) is 1.02. The maximum Gasteiger partial charge on any atom is 0.358 e. The van der Waals surface area contributed by atoms with E-state index >= 15 is 0 Å². The summed E-state index contributed by atoms with van der Waals surface area (Å²) in [7, 11) is 0. The van der Waals surface area contributed by atoms with Crippen molar-refractivity contribution in [3.05, 3.63) is 41.7 Å². The molecule has 2 aromatic rings. The molecule has 0 spiro atoms. The minimum atomic E-state index is -1.16. The smallest absolute Gasteiger partial charge is 0.358 e. The highest BCUT2D eigenvalue weighted by molar-refractivity contribution is 5.84. The van der Waals surface area contributed by atoms with Crippen LogP contribution in [0.25, 0.3) is 0 Å². The number of aromatic carboxylic acids is 1. The Bertz CT molecular complexity index is 748. The van der Waals surface area contributed by atoms with Crippen LogP contribution in [0.5, 0.6) is 5.75 Å². The molecule has 0 radical (unpaired) electrons. The minimum absolute atomic E-state index is 0.0102. The van der Waals surface area contributed by atoms with Crippen molar-refractivity contribution in [3.8, 4) is 5.75 Å².